The highest BCUT2D eigenvalue weighted by molar-refractivity contribution is 5.96. The Balaban J connectivity index is 2.33. The number of nitrogens with zero attached hydrogens (tertiary/aromatic N) is 1. The van der Waals surface area contributed by atoms with Gasteiger partial charge in [-0.2, -0.15) is 0 Å². The number of ether oxygens (including phenoxy) is 1. The average Bonchev–Trinajstić information content (AvgIpc) is 2.53. The minimum Gasteiger partial charge on any atom is -0.478 e. The first-order valence-corrected chi connectivity index (χ1v) is 7.50. The van der Waals surface area contributed by atoms with Crippen LogP contribution in [0.1, 0.15) is 37.6 Å². The molecule has 0 spiro atoms. The number of carbonyl (C=O) groups is 1. The minimum atomic E-state index is -0.392. The second-order valence-corrected chi connectivity index (χ2v) is 5.23. The predicted molar refractivity (Wildman–Crippen MR) is 85.3 cm³/mol. The quantitative estimate of drug-likeness (QED) is 0.856. The van der Waals surface area contributed by atoms with Gasteiger partial charge in [0.25, 0.3) is 5.91 Å². The summed E-state index contributed by atoms with van der Waals surface area (Å²) in [5.41, 5.74) is 0.461. The summed E-state index contributed by atoms with van der Waals surface area (Å²) in [7, 11) is 0. The number of rotatable bonds is 6. The summed E-state index contributed by atoms with van der Waals surface area (Å²) < 4.78 is 5.30. The Labute approximate surface area is 128 Å². The topological polar surface area (TPSA) is 84.1 Å². The van der Waals surface area contributed by atoms with Crippen LogP contribution in [0.4, 0.5) is 0 Å². The number of amides is 1. The van der Waals surface area contributed by atoms with Crippen molar-refractivity contribution in [3.63, 3.8) is 0 Å². The molecule has 0 aliphatic carbocycles. The number of carbonyl (C=O) groups excluding carboxylic acids is 1. The number of aromatic nitrogens is 2. The van der Waals surface area contributed by atoms with Crippen molar-refractivity contribution in [3.05, 3.63) is 34.1 Å². The van der Waals surface area contributed by atoms with Gasteiger partial charge in [-0.1, -0.05) is 20.3 Å². The van der Waals surface area contributed by atoms with Gasteiger partial charge in [0.05, 0.1) is 12.1 Å². The molecule has 0 aromatic carbocycles. The first-order valence-electron chi connectivity index (χ1n) is 7.50. The summed E-state index contributed by atoms with van der Waals surface area (Å²) in [6.45, 7) is 6.94. The van der Waals surface area contributed by atoms with Gasteiger partial charge in [-0.15, -0.1) is 0 Å². The lowest BCUT2D eigenvalue weighted by molar-refractivity contribution is 0.0946. The van der Waals surface area contributed by atoms with E-state index in [9.17, 15) is 9.59 Å². The molecular weight excluding hydrogens is 282 g/mol. The summed E-state index contributed by atoms with van der Waals surface area (Å²) in [6, 6.07) is 3.40. The van der Waals surface area contributed by atoms with Gasteiger partial charge in [0.2, 0.25) is 11.3 Å². The molecule has 6 heteroatoms. The van der Waals surface area contributed by atoms with Gasteiger partial charge < -0.3 is 15.0 Å². The number of H-pyrrole nitrogens is 1. The molecule has 0 saturated heterocycles. The van der Waals surface area contributed by atoms with E-state index in [1.807, 2.05) is 13.8 Å². The number of pyridine rings is 2. The third-order valence-electron chi connectivity index (χ3n) is 3.55. The Bertz CT molecular complexity index is 724. The van der Waals surface area contributed by atoms with E-state index in [1.165, 1.54) is 6.20 Å². The molecule has 1 amide bonds. The van der Waals surface area contributed by atoms with E-state index in [0.717, 1.165) is 6.42 Å². The van der Waals surface area contributed by atoms with E-state index in [0.29, 0.717) is 30.5 Å². The van der Waals surface area contributed by atoms with Crippen LogP contribution in [0.5, 0.6) is 5.88 Å². The molecule has 2 aromatic rings. The van der Waals surface area contributed by atoms with Crippen LogP contribution in [-0.2, 0) is 0 Å². The molecule has 2 heterocycles. The molecule has 1 unspecified atom stereocenters. The summed E-state index contributed by atoms with van der Waals surface area (Å²) >= 11 is 0. The van der Waals surface area contributed by atoms with Crippen molar-refractivity contribution < 1.29 is 9.53 Å². The molecule has 0 saturated carbocycles. The van der Waals surface area contributed by atoms with E-state index in [4.69, 9.17) is 4.74 Å². The van der Waals surface area contributed by atoms with Crippen molar-refractivity contribution in [3.8, 4) is 5.88 Å². The maximum atomic E-state index is 12.4. The van der Waals surface area contributed by atoms with Crippen LogP contribution in [0.2, 0.25) is 0 Å². The predicted octanol–water partition coefficient (Wildman–Crippen LogP) is 2.10. The smallest absolute Gasteiger partial charge is 0.256 e. The van der Waals surface area contributed by atoms with E-state index in [2.05, 4.69) is 22.2 Å². The third-order valence-corrected chi connectivity index (χ3v) is 3.55. The monoisotopic (exact) mass is 303 g/mol. The number of hydrogen-bond donors (Lipinski definition) is 2. The van der Waals surface area contributed by atoms with Crippen LogP contribution in [0, 0.1) is 5.92 Å². The number of nitrogens with one attached hydrogen (secondary N) is 2. The van der Waals surface area contributed by atoms with Crippen molar-refractivity contribution in [2.24, 2.45) is 5.92 Å². The molecule has 1 atom stereocenters. The molecule has 2 N–H and O–H groups in total. The van der Waals surface area contributed by atoms with Crippen LogP contribution in [-0.4, -0.2) is 29.0 Å². The molecule has 0 bridgehead atoms. The summed E-state index contributed by atoms with van der Waals surface area (Å²) in [5.74, 6) is 0.357. The summed E-state index contributed by atoms with van der Waals surface area (Å²) in [6.07, 6.45) is 2.40. The Morgan fingerprint density at radius 3 is 2.86 bits per heavy atom. The Morgan fingerprint density at radius 1 is 1.41 bits per heavy atom. The number of aromatic amines is 1. The lowest BCUT2D eigenvalue weighted by Gasteiger charge is -2.10. The van der Waals surface area contributed by atoms with Crippen LogP contribution in [0.15, 0.2) is 23.1 Å². The molecule has 118 valence electrons. The SMILES string of the molecule is CCOc1ccc2[nH]cc(C(=O)NCC(C)CC)c(=O)c2n1. The molecule has 0 radical (unpaired) electrons. The molecular formula is C16H21N3O3. The molecule has 6 nitrogen and oxygen atoms in total. The zero-order valence-electron chi connectivity index (χ0n) is 13.1. The van der Waals surface area contributed by atoms with Gasteiger partial charge >= 0.3 is 0 Å². The van der Waals surface area contributed by atoms with E-state index < -0.39 is 5.43 Å². The van der Waals surface area contributed by atoms with Crippen LogP contribution in [0.3, 0.4) is 0 Å². The molecule has 22 heavy (non-hydrogen) atoms. The molecule has 0 fully saturated rings. The number of hydrogen-bond acceptors (Lipinski definition) is 4. The van der Waals surface area contributed by atoms with Crippen molar-refractivity contribution in [1.82, 2.24) is 15.3 Å². The second kappa shape index (κ2) is 7.06. The van der Waals surface area contributed by atoms with Crippen LogP contribution >= 0.6 is 0 Å². The van der Waals surface area contributed by atoms with E-state index in [-0.39, 0.29) is 17.0 Å². The fraction of sp³-hybridized carbons (Fsp3) is 0.438. The van der Waals surface area contributed by atoms with Crippen molar-refractivity contribution in [2.75, 3.05) is 13.2 Å². The highest BCUT2D eigenvalue weighted by Gasteiger charge is 2.14. The van der Waals surface area contributed by atoms with E-state index >= 15 is 0 Å². The van der Waals surface area contributed by atoms with Crippen molar-refractivity contribution in [1.29, 1.82) is 0 Å². The van der Waals surface area contributed by atoms with Crippen molar-refractivity contribution in [2.45, 2.75) is 27.2 Å². The Morgan fingerprint density at radius 2 is 2.18 bits per heavy atom. The van der Waals surface area contributed by atoms with Crippen LogP contribution < -0.4 is 15.5 Å². The summed E-state index contributed by atoms with van der Waals surface area (Å²) in [5, 5.41) is 2.78. The molecule has 2 aromatic heterocycles. The molecule has 2 rings (SSSR count). The van der Waals surface area contributed by atoms with Gasteiger partial charge in [0, 0.05) is 18.8 Å². The Hall–Kier alpha value is -2.37. The first kappa shape index (κ1) is 16.0. The highest BCUT2D eigenvalue weighted by atomic mass is 16.5. The van der Waals surface area contributed by atoms with Gasteiger partial charge in [0.1, 0.15) is 11.1 Å². The van der Waals surface area contributed by atoms with Gasteiger partial charge in [0.15, 0.2) is 0 Å². The normalized spacial score (nSPS) is 12.1. The lowest BCUT2D eigenvalue weighted by Crippen LogP contribution is -2.32. The second-order valence-electron chi connectivity index (χ2n) is 5.23. The first-order chi connectivity index (χ1) is 10.6. The van der Waals surface area contributed by atoms with E-state index in [1.54, 1.807) is 12.1 Å². The lowest BCUT2D eigenvalue weighted by atomic mass is 10.1. The minimum absolute atomic E-state index is 0.0666. The zero-order chi connectivity index (χ0) is 16.1. The Kier molecular flexibility index (Phi) is 5.14. The highest BCUT2D eigenvalue weighted by Crippen LogP contribution is 2.12. The van der Waals surface area contributed by atoms with Crippen molar-refractivity contribution >= 4 is 16.9 Å². The molecule has 0 aliphatic rings. The van der Waals surface area contributed by atoms with Gasteiger partial charge in [-0.05, 0) is 18.9 Å². The third kappa shape index (κ3) is 3.44. The summed E-state index contributed by atoms with van der Waals surface area (Å²) in [4.78, 5) is 31.7. The average molecular weight is 303 g/mol. The maximum absolute atomic E-state index is 12.4. The van der Waals surface area contributed by atoms with Gasteiger partial charge in [-0.3, -0.25) is 9.59 Å². The fourth-order valence-corrected chi connectivity index (χ4v) is 1.98. The molecule has 0 aliphatic heterocycles. The largest absolute Gasteiger partial charge is 0.478 e. The van der Waals surface area contributed by atoms with Crippen LogP contribution in [0.25, 0.3) is 11.0 Å². The number of fused-ring (bicyclic) bond motifs is 1. The van der Waals surface area contributed by atoms with Gasteiger partial charge in [-0.25, -0.2) is 4.98 Å². The zero-order valence-corrected chi connectivity index (χ0v) is 13.1. The fourth-order valence-electron chi connectivity index (χ4n) is 1.98. The standard InChI is InChI=1S/C16H21N3O3/c1-4-10(3)8-18-16(21)11-9-17-12-6-7-13(22-5-2)19-14(12)15(11)20/h6-7,9-10H,4-5,8H2,1-3H3,(H,17,20)(H,18,21). The maximum Gasteiger partial charge on any atom is 0.256 e.